The highest BCUT2D eigenvalue weighted by atomic mass is 16.5. The Labute approximate surface area is 71.0 Å². The molecule has 0 amide bonds. The van der Waals surface area contributed by atoms with Crippen molar-refractivity contribution in [2.75, 3.05) is 6.61 Å². The highest BCUT2D eigenvalue weighted by Crippen LogP contribution is 2.37. The first-order valence-corrected chi connectivity index (χ1v) is 4.15. The van der Waals surface area contributed by atoms with Crippen LogP contribution in [0, 0.1) is 5.41 Å². The Kier molecular flexibility index (Phi) is 1.59. The molecule has 0 aromatic rings. The van der Waals surface area contributed by atoms with Crippen LogP contribution in [0.5, 0.6) is 0 Å². The summed E-state index contributed by atoms with van der Waals surface area (Å²) in [4.78, 5) is 11.5. The molecule has 0 spiro atoms. The highest BCUT2D eigenvalue weighted by molar-refractivity contribution is 5.87. The molecule has 3 nitrogen and oxygen atoms in total. The Bertz CT molecular complexity index is 246. The van der Waals surface area contributed by atoms with Gasteiger partial charge in [0.25, 0.3) is 0 Å². The molecule has 0 aliphatic carbocycles. The average Bonchev–Trinajstić information content (AvgIpc) is 2.47. The molecule has 0 aromatic heterocycles. The summed E-state index contributed by atoms with van der Waals surface area (Å²) < 4.78 is 5.48. The molecule has 0 saturated carbocycles. The van der Waals surface area contributed by atoms with Crippen LogP contribution in [0.1, 0.15) is 13.3 Å². The Morgan fingerprint density at radius 2 is 2.50 bits per heavy atom. The maximum atomic E-state index is 11.5. The third-order valence-corrected chi connectivity index (χ3v) is 2.80. The third kappa shape index (κ3) is 0.867. The Hall–Kier alpha value is -0.670. The van der Waals surface area contributed by atoms with E-state index in [1.54, 1.807) is 6.92 Å². The van der Waals surface area contributed by atoms with Crippen molar-refractivity contribution in [2.24, 2.45) is 5.41 Å². The lowest BCUT2D eigenvalue weighted by atomic mass is 9.78. The van der Waals surface area contributed by atoms with E-state index in [1.807, 2.05) is 12.2 Å². The zero-order valence-corrected chi connectivity index (χ0v) is 6.99. The molecule has 2 aliphatic heterocycles. The third-order valence-electron chi connectivity index (χ3n) is 2.80. The van der Waals surface area contributed by atoms with Crippen LogP contribution in [0.3, 0.4) is 0 Å². The number of fused-ring (bicyclic) bond motifs is 2. The van der Waals surface area contributed by atoms with Gasteiger partial charge in [-0.15, -0.1) is 0 Å². The zero-order chi connectivity index (χ0) is 8.77. The van der Waals surface area contributed by atoms with Crippen LogP contribution in [-0.2, 0) is 9.53 Å². The minimum atomic E-state index is -0.705. The number of Topliss-reactive ketones (excluding diaryl/α,β-unsaturated/α-hetero) is 1. The molecule has 12 heavy (non-hydrogen) atoms. The maximum absolute atomic E-state index is 11.5. The second kappa shape index (κ2) is 2.41. The monoisotopic (exact) mass is 168 g/mol. The number of ketones is 1. The van der Waals surface area contributed by atoms with Crippen LogP contribution in [0.25, 0.3) is 0 Å². The normalized spacial score (nSPS) is 45.3. The highest BCUT2D eigenvalue weighted by Gasteiger charge is 2.47. The largest absolute Gasteiger partial charge is 0.395 e. The molecule has 2 bridgehead atoms. The number of aliphatic hydroxyl groups is 1. The zero-order valence-electron chi connectivity index (χ0n) is 6.99. The molecule has 1 N–H and O–H groups in total. The summed E-state index contributed by atoms with van der Waals surface area (Å²) >= 11 is 0. The minimum absolute atomic E-state index is 0.0397. The molecule has 1 fully saturated rings. The number of aliphatic hydroxyl groups excluding tert-OH is 1. The Morgan fingerprint density at radius 3 is 3.17 bits per heavy atom. The van der Waals surface area contributed by atoms with Crippen molar-refractivity contribution in [3.05, 3.63) is 12.2 Å². The van der Waals surface area contributed by atoms with Crippen molar-refractivity contribution in [1.82, 2.24) is 0 Å². The number of rotatable bonds is 1. The van der Waals surface area contributed by atoms with Crippen LogP contribution in [0.4, 0.5) is 0 Å². The standard InChI is InChI=1S/C9H12O3/c1-9(5-10)7(11)4-6-2-3-8(9)12-6/h2-3,6,8,10H,4-5H2,1H3. The van der Waals surface area contributed by atoms with E-state index in [0.717, 1.165) is 0 Å². The van der Waals surface area contributed by atoms with Gasteiger partial charge in [-0.3, -0.25) is 4.79 Å². The van der Waals surface area contributed by atoms with Crippen molar-refractivity contribution in [1.29, 1.82) is 0 Å². The van der Waals surface area contributed by atoms with Crippen molar-refractivity contribution < 1.29 is 14.6 Å². The fraction of sp³-hybridized carbons (Fsp3) is 0.667. The van der Waals surface area contributed by atoms with Gasteiger partial charge in [0, 0.05) is 6.42 Å². The molecule has 3 atom stereocenters. The molecule has 2 rings (SSSR count). The number of hydrogen-bond acceptors (Lipinski definition) is 3. The molecule has 3 unspecified atom stereocenters. The second-order valence-corrected chi connectivity index (χ2v) is 3.68. The molecular formula is C9H12O3. The lowest BCUT2D eigenvalue weighted by Crippen LogP contribution is -2.47. The van der Waals surface area contributed by atoms with Crippen LogP contribution >= 0.6 is 0 Å². The predicted octanol–water partition coefficient (Wildman–Crippen LogP) is 0.281. The fourth-order valence-electron chi connectivity index (χ4n) is 1.74. The summed E-state index contributed by atoms with van der Waals surface area (Å²) in [6.07, 6.45) is 3.94. The first-order chi connectivity index (χ1) is 5.66. The van der Waals surface area contributed by atoms with E-state index in [1.165, 1.54) is 0 Å². The van der Waals surface area contributed by atoms with Crippen molar-refractivity contribution in [2.45, 2.75) is 25.6 Å². The Balaban J connectivity index is 2.32. The lowest BCUT2D eigenvalue weighted by Gasteiger charge is -2.36. The lowest BCUT2D eigenvalue weighted by molar-refractivity contribution is -0.151. The first kappa shape index (κ1) is 7.95. The molecular weight excluding hydrogens is 156 g/mol. The van der Waals surface area contributed by atoms with E-state index >= 15 is 0 Å². The molecule has 0 radical (unpaired) electrons. The van der Waals surface area contributed by atoms with Gasteiger partial charge in [0.15, 0.2) is 0 Å². The second-order valence-electron chi connectivity index (χ2n) is 3.68. The summed E-state index contributed by atoms with van der Waals surface area (Å²) in [7, 11) is 0. The predicted molar refractivity (Wildman–Crippen MR) is 42.6 cm³/mol. The molecule has 1 saturated heterocycles. The van der Waals surface area contributed by atoms with Gasteiger partial charge in [-0.1, -0.05) is 12.2 Å². The summed E-state index contributed by atoms with van der Waals surface area (Å²) in [5.74, 6) is 0.108. The van der Waals surface area contributed by atoms with Crippen LogP contribution < -0.4 is 0 Å². The fourth-order valence-corrected chi connectivity index (χ4v) is 1.74. The smallest absolute Gasteiger partial charge is 0.146 e. The van der Waals surface area contributed by atoms with E-state index in [2.05, 4.69) is 0 Å². The van der Waals surface area contributed by atoms with Gasteiger partial charge in [0.05, 0.1) is 24.2 Å². The summed E-state index contributed by atoms with van der Waals surface area (Å²) in [6.45, 7) is 1.62. The number of hydrogen-bond donors (Lipinski definition) is 1. The number of carbonyl (C=O) groups excluding carboxylic acids is 1. The van der Waals surface area contributed by atoms with E-state index < -0.39 is 5.41 Å². The van der Waals surface area contributed by atoms with E-state index in [-0.39, 0.29) is 24.6 Å². The quantitative estimate of drug-likeness (QED) is 0.572. The SMILES string of the molecule is CC1(CO)C(=O)CC2C=CC1O2. The van der Waals surface area contributed by atoms with E-state index in [0.29, 0.717) is 6.42 Å². The summed E-state index contributed by atoms with van der Waals surface area (Å²) in [5.41, 5.74) is -0.705. The molecule has 66 valence electrons. The van der Waals surface area contributed by atoms with Crippen molar-refractivity contribution in [3.8, 4) is 0 Å². The maximum Gasteiger partial charge on any atom is 0.146 e. The van der Waals surface area contributed by atoms with Crippen LogP contribution in [-0.4, -0.2) is 29.7 Å². The first-order valence-electron chi connectivity index (χ1n) is 4.15. The van der Waals surface area contributed by atoms with Gasteiger partial charge >= 0.3 is 0 Å². The molecule has 2 aliphatic rings. The van der Waals surface area contributed by atoms with Crippen LogP contribution in [0.2, 0.25) is 0 Å². The van der Waals surface area contributed by atoms with E-state index in [9.17, 15) is 4.79 Å². The van der Waals surface area contributed by atoms with Gasteiger partial charge in [-0.25, -0.2) is 0 Å². The van der Waals surface area contributed by atoms with Crippen molar-refractivity contribution in [3.63, 3.8) is 0 Å². The van der Waals surface area contributed by atoms with E-state index in [4.69, 9.17) is 9.84 Å². The minimum Gasteiger partial charge on any atom is -0.395 e. The average molecular weight is 168 g/mol. The van der Waals surface area contributed by atoms with Crippen LogP contribution in [0.15, 0.2) is 12.2 Å². The summed E-state index contributed by atoms with van der Waals surface area (Å²) in [5, 5.41) is 9.11. The molecule has 0 aromatic carbocycles. The number of ether oxygens (including phenoxy) is 1. The van der Waals surface area contributed by atoms with Gasteiger partial charge in [-0.2, -0.15) is 0 Å². The summed E-state index contributed by atoms with van der Waals surface area (Å²) in [6, 6.07) is 0. The van der Waals surface area contributed by atoms with Gasteiger partial charge < -0.3 is 9.84 Å². The van der Waals surface area contributed by atoms with Gasteiger partial charge in [-0.05, 0) is 6.92 Å². The molecule has 2 heterocycles. The van der Waals surface area contributed by atoms with Crippen molar-refractivity contribution >= 4 is 5.78 Å². The van der Waals surface area contributed by atoms with Gasteiger partial charge in [0.2, 0.25) is 0 Å². The number of carbonyl (C=O) groups is 1. The molecule has 3 heteroatoms. The topological polar surface area (TPSA) is 46.5 Å². The Morgan fingerprint density at radius 1 is 1.75 bits per heavy atom. The van der Waals surface area contributed by atoms with Gasteiger partial charge in [0.1, 0.15) is 5.78 Å².